The van der Waals surface area contributed by atoms with E-state index in [4.69, 9.17) is 11.5 Å². The van der Waals surface area contributed by atoms with Gasteiger partial charge in [-0.3, -0.25) is 0 Å². The summed E-state index contributed by atoms with van der Waals surface area (Å²) in [7, 11) is 0. The third kappa shape index (κ3) is 18.4. The van der Waals surface area contributed by atoms with E-state index in [0.717, 1.165) is 0 Å². The van der Waals surface area contributed by atoms with Crippen LogP contribution in [-0.4, -0.2) is 24.0 Å². The van der Waals surface area contributed by atoms with Crippen LogP contribution in [0, 0.1) is 0 Å². The minimum atomic E-state index is -1.21. The Morgan fingerprint density at radius 3 is 1.08 bits per heavy atom. The standard InChI is InChI=1S/2C3H7NO2.Fe/c2*1-2(4)3(5)6;/h2*2H,4H2,1H3,(H,5,6);/q;;+2/p-2/t2*2-;/m00./s1. The number of carboxylic acids is 2. The van der Waals surface area contributed by atoms with Gasteiger partial charge in [0, 0.05) is 12.1 Å². The van der Waals surface area contributed by atoms with Crippen LogP contribution in [0.15, 0.2) is 0 Å². The number of nitrogens with two attached hydrogens (primary N) is 2. The minimum absolute atomic E-state index is 0. The molecular weight excluding hydrogens is 220 g/mol. The van der Waals surface area contributed by atoms with Crippen LogP contribution in [0.2, 0.25) is 0 Å². The Hall–Kier alpha value is -0.621. The smallest absolute Gasteiger partial charge is 0.548 e. The summed E-state index contributed by atoms with van der Waals surface area (Å²) in [4.78, 5) is 18.9. The maximum Gasteiger partial charge on any atom is 2.00 e. The predicted octanol–water partition coefficient (Wildman–Crippen LogP) is -3.84. The molecule has 2 atom stereocenters. The van der Waals surface area contributed by atoms with Crippen molar-refractivity contribution in [3.8, 4) is 0 Å². The summed E-state index contributed by atoms with van der Waals surface area (Å²) in [5.41, 5.74) is 9.55. The Morgan fingerprint density at radius 1 is 1.00 bits per heavy atom. The van der Waals surface area contributed by atoms with Gasteiger partial charge in [-0.15, -0.1) is 0 Å². The van der Waals surface area contributed by atoms with Crippen LogP contribution in [-0.2, 0) is 26.7 Å². The van der Waals surface area contributed by atoms with Gasteiger partial charge in [-0.1, -0.05) is 0 Å². The Morgan fingerprint density at radius 2 is 1.08 bits per heavy atom. The van der Waals surface area contributed by atoms with E-state index in [1.165, 1.54) is 13.8 Å². The van der Waals surface area contributed by atoms with Crippen molar-refractivity contribution in [1.29, 1.82) is 0 Å². The molecule has 0 rings (SSSR count). The maximum absolute atomic E-state index is 9.46. The second-order valence-corrected chi connectivity index (χ2v) is 2.22. The van der Waals surface area contributed by atoms with Crippen LogP contribution in [0.1, 0.15) is 13.8 Å². The molecule has 0 saturated heterocycles. The molecule has 13 heavy (non-hydrogen) atoms. The maximum atomic E-state index is 9.46. The number of aliphatic carboxylic acids is 2. The van der Waals surface area contributed by atoms with Crippen molar-refractivity contribution in [3.05, 3.63) is 0 Å². The van der Waals surface area contributed by atoms with E-state index < -0.39 is 24.0 Å². The molecule has 0 fully saturated rings. The Bertz CT molecular complexity index is 143. The third-order valence-electron chi connectivity index (χ3n) is 0.744. The van der Waals surface area contributed by atoms with Crippen molar-refractivity contribution in [3.63, 3.8) is 0 Å². The first kappa shape index (κ1) is 18.2. The fourth-order valence-corrected chi connectivity index (χ4v) is 0. The van der Waals surface area contributed by atoms with Gasteiger partial charge in [-0.25, -0.2) is 0 Å². The van der Waals surface area contributed by atoms with Crippen molar-refractivity contribution in [2.24, 2.45) is 11.5 Å². The van der Waals surface area contributed by atoms with Gasteiger partial charge < -0.3 is 31.3 Å². The second-order valence-electron chi connectivity index (χ2n) is 2.22. The summed E-state index contributed by atoms with van der Waals surface area (Å²) in [6, 6.07) is -1.69. The van der Waals surface area contributed by atoms with E-state index in [1.54, 1.807) is 0 Å². The van der Waals surface area contributed by atoms with Gasteiger partial charge in [0.25, 0.3) is 0 Å². The van der Waals surface area contributed by atoms with Crippen molar-refractivity contribution >= 4 is 11.9 Å². The van der Waals surface area contributed by atoms with Crippen LogP contribution in [0.4, 0.5) is 0 Å². The van der Waals surface area contributed by atoms with Crippen LogP contribution in [0.5, 0.6) is 0 Å². The first-order valence-corrected chi connectivity index (χ1v) is 3.22. The van der Waals surface area contributed by atoms with Gasteiger partial charge in [0.1, 0.15) is 0 Å². The Kier molecular flexibility index (Phi) is 13.3. The molecule has 78 valence electrons. The summed E-state index contributed by atoms with van der Waals surface area (Å²) in [6.45, 7) is 2.71. The molecule has 0 aromatic carbocycles. The zero-order chi connectivity index (χ0) is 10.3. The minimum Gasteiger partial charge on any atom is -0.548 e. The second kappa shape index (κ2) is 9.47. The summed E-state index contributed by atoms with van der Waals surface area (Å²) < 4.78 is 0. The van der Waals surface area contributed by atoms with E-state index >= 15 is 0 Å². The zero-order valence-electron chi connectivity index (χ0n) is 7.30. The molecule has 0 amide bonds. The van der Waals surface area contributed by atoms with E-state index in [1.807, 2.05) is 0 Å². The molecule has 0 bridgehead atoms. The largest absolute Gasteiger partial charge is 2.00 e. The van der Waals surface area contributed by atoms with Gasteiger partial charge in [-0.05, 0) is 13.8 Å². The Balaban J connectivity index is -0.000000143. The van der Waals surface area contributed by atoms with E-state index in [2.05, 4.69) is 0 Å². The third-order valence-corrected chi connectivity index (χ3v) is 0.744. The van der Waals surface area contributed by atoms with E-state index in [0.29, 0.717) is 0 Å². The number of hydrogen-bond donors (Lipinski definition) is 2. The van der Waals surface area contributed by atoms with Crippen LogP contribution in [0.3, 0.4) is 0 Å². The average molecular weight is 232 g/mol. The molecule has 0 saturated carbocycles. The number of carboxylic acid groups (broad SMARTS) is 2. The molecular formula is C6H12FeN2O4. The van der Waals surface area contributed by atoms with Crippen molar-refractivity contribution in [1.82, 2.24) is 0 Å². The molecule has 0 aliphatic heterocycles. The van der Waals surface area contributed by atoms with E-state index in [9.17, 15) is 19.8 Å². The van der Waals surface area contributed by atoms with Crippen molar-refractivity contribution < 1.29 is 36.9 Å². The molecule has 0 aliphatic carbocycles. The molecule has 4 N–H and O–H groups in total. The number of carbonyl (C=O) groups is 2. The molecule has 6 nitrogen and oxygen atoms in total. The molecule has 0 radical (unpaired) electrons. The summed E-state index contributed by atoms with van der Waals surface area (Å²) in [5, 5.41) is 18.9. The first-order chi connectivity index (χ1) is 5.29. The van der Waals surface area contributed by atoms with Crippen molar-refractivity contribution in [2.45, 2.75) is 25.9 Å². The fraction of sp³-hybridized carbons (Fsp3) is 0.667. The molecule has 7 heteroatoms. The van der Waals surface area contributed by atoms with Crippen LogP contribution in [0.25, 0.3) is 0 Å². The number of carbonyl (C=O) groups excluding carboxylic acids is 2. The Labute approximate surface area is 86.8 Å². The topological polar surface area (TPSA) is 132 Å². The van der Waals surface area contributed by atoms with Gasteiger partial charge in [-0.2, -0.15) is 0 Å². The van der Waals surface area contributed by atoms with Gasteiger partial charge in [0.2, 0.25) is 0 Å². The van der Waals surface area contributed by atoms with E-state index in [-0.39, 0.29) is 17.1 Å². The van der Waals surface area contributed by atoms with Crippen molar-refractivity contribution in [2.75, 3.05) is 0 Å². The quantitative estimate of drug-likeness (QED) is 0.468. The van der Waals surface area contributed by atoms with Crippen LogP contribution < -0.4 is 21.7 Å². The van der Waals surface area contributed by atoms with Crippen LogP contribution >= 0.6 is 0 Å². The van der Waals surface area contributed by atoms with Gasteiger partial charge in [0.05, 0.1) is 11.9 Å². The SMILES string of the molecule is C[C@H](N)C(=O)[O-].C[C@H](N)C(=O)[O-].[Fe+2]. The molecule has 0 aromatic rings. The average Bonchev–Trinajstić information content (AvgIpc) is 1.88. The predicted molar refractivity (Wildman–Crippen MR) is 37.3 cm³/mol. The normalized spacial score (nSPS) is 12.6. The molecule has 0 unspecified atom stereocenters. The molecule has 0 spiro atoms. The molecule has 0 aliphatic rings. The molecule has 0 aromatic heterocycles. The molecule has 0 heterocycles. The fourth-order valence-electron chi connectivity index (χ4n) is 0. The van der Waals surface area contributed by atoms with Gasteiger partial charge in [0.15, 0.2) is 0 Å². The first-order valence-electron chi connectivity index (χ1n) is 3.22. The zero-order valence-corrected chi connectivity index (χ0v) is 8.40. The summed E-state index contributed by atoms with van der Waals surface area (Å²) in [6.07, 6.45) is 0. The summed E-state index contributed by atoms with van der Waals surface area (Å²) >= 11 is 0. The number of hydrogen-bond acceptors (Lipinski definition) is 6. The monoisotopic (exact) mass is 232 g/mol. The van der Waals surface area contributed by atoms with Gasteiger partial charge >= 0.3 is 17.1 Å². The summed E-state index contributed by atoms with van der Waals surface area (Å²) in [5.74, 6) is -2.43. The number of rotatable bonds is 2.